The number of nitrogens with zero attached hydrogens (tertiary/aromatic N) is 5. The Bertz CT molecular complexity index is 1120. The smallest absolute Gasteiger partial charge is 0.358 e. The van der Waals surface area contributed by atoms with E-state index in [4.69, 9.17) is 11.6 Å². The molecule has 10 heteroatoms. The quantitative estimate of drug-likeness (QED) is 0.335. The third kappa shape index (κ3) is 4.01. The van der Waals surface area contributed by atoms with Gasteiger partial charge in [0.15, 0.2) is 5.02 Å². The SMILES string of the molecule is Cc1cc(C)n(CCCNC(=O)CC23CC4CC(C2)CC(n2nc([N+](=O)[O-])c(Cl)c2C)(C4)C3)n1. The molecule has 2 aromatic rings. The Morgan fingerprint density at radius 3 is 2.53 bits per heavy atom. The molecule has 4 saturated carbocycles. The summed E-state index contributed by atoms with van der Waals surface area (Å²) in [7, 11) is 0. The number of carbonyl (C=O) groups is 1. The zero-order valence-corrected chi connectivity index (χ0v) is 20.9. The van der Waals surface area contributed by atoms with E-state index in [1.807, 2.05) is 30.1 Å². The molecular weight excluding hydrogens is 456 g/mol. The van der Waals surface area contributed by atoms with Crippen molar-refractivity contribution in [2.45, 2.75) is 84.2 Å². The molecule has 0 aromatic carbocycles. The van der Waals surface area contributed by atoms with E-state index in [0.29, 0.717) is 30.5 Å². The summed E-state index contributed by atoms with van der Waals surface area (Å²) >= 11 is 6.30. The first-order valence-corrected chi connectivity index (χ1v) is 12.7. The van der Waals surface area contributed by atoms with Crippen LogP contribution in [0.5, 0.6) is 0 Å². The fraction of sp³-hybridized carbons (Fsp3) is 0.708. The van der Waals surface area contributed by atoms with Crippen LogP contribution in [0, 0.1) is 48.1 Å². The van der Waals surface area contributed by atoms with Crippen molar-refractivity contribution in [3.63, 3.8) is 0 Å². The average Bonchev–Trinajstić information content (AvgIpc) is 3.22. The molecule has 0 aliphatic heterocycles. The second-order valence-electron chi connectivity index (χ2n) is 11.1. The first kappa shape index (κ1) is 23.3. The molecule has 1 amide bonds. The molecule has 184 valence electrons. The summed E-state index contributed by atoms with van der Waals surface area (Å²) in [5, 5.41) is 23.6. The van der Waals surface area contributed by atoms with Gasteiger partial charge >= 0.3 is 5.82 Å². The highest BCUT2D eigenvalue weighted by Crippen LogP contribution is 2.65. The number of rotatable bonds is 8. The molecule has 4 aliphatic carbocycles. The standard InChI is InChI=1S/C24H33ClN6O3/c1-15-7-16(2)29(27-15)6-4-5-26-20(32)13-23-9-18-8-19(10-23)12-24(11-18,14-23)30-17(3)21(25)22(28-30)31(33)34/h7,18-19H,4-6,8-14H2,1-3H3,(H,26,32). The van der Waals surface area contributed by atoms with E-state index in [1.54, 1.807) is 0 Å². The molecule has 6 rings (SSSR count). The Morgan fingerprint density at radius 1 is 1.24 bits per heavy atom. The normalized spacial score (nSPS) is 29.5. The van der Waals surface area contributed by atoms with E-state index in [9.17, 15) is 14.9 Å². The minimum absolute atomic E-state index is 0.0660. The molecule has 2 unspecified atom stereocenters. The molecule has 0 radical (unpaired) electrons. The van der Waals surface area contributed by atoms with Gasteiger partial charge in [-0.2, -0.15) is 9.78 Å². The van der Waals surface area contributed by atoms with Crippen LogP contribution in [0.2, 0.25) is 5.02 Å². The molecule has 34 heavy (non-hydrogen) atoms. The van der Waals surface area contributed by atoms with Crippen molar-refractivity contribution in [2.24, 2.45) is 17.3 Å². The van der Waals surface area contributed by atoms with Crippen LogP contribution in [0.15, 0.2) is 6.07 Å². The lowest BCUT2D eigenvalue weighted by molar-refractivity contribution is -0.389. The summed E-state index contributed by atoms with van der Waals surface area (Å²) in [5.74, 6) is 0.902. The van der Waals surface area contributed by atoms with Gasteiger partial charge < -0.3 is 15.4 Å². The number of carbonyl (C=O) groups excluding carboxylic acids is 1. The maximum Gasteiger partial charge on any atom is 0.408 e. The van der Waals surface area contributed by atoms with Crippen LogP contribution in [0.3, 0.4) is 0 Å². The van der Waals surface area contributed by atoms with Crippen molar-refractivity contribution in [3.8, 4) is 0 Å². The third-order valence-corrected chi connectivity index (χ3v) is 8.75. The Hall–Kier alpha value is -2.42. The predicted molar refractivity (Wildman–Crippen MR) is 128 cm³/mol. The molecule has 1 N–H and O–H groups in total. The predicted octanol–water partition coefficient (Wildman–Crippen LogP) is 4.46. The largest absolute Gasteiger partial charge is 0.408 e. The number of amides is 1. The molecule has 4 aliphatic rings. The Labute approximate surface area is 204 Å². The Balaban J connectivity index is 1.27. The van der Waals surface area contributed by atoms with Gasteiger partial charge in [0.05, 0.1) is 22.0 Å². The lowest BCUT2D eigenvalue weighted by atomic mass is 9.46. The maximum absolute atomic E-state index is 13.0. The van der Waals surface area contributed by atoms with Gasteiger partial charge in [0.1, 0.15) is 0 Å². The summed E-state index contributed by atoms with van der Waals surface area (Å²) in [4.78, 5) is 23.9. The van der Waals surface area contributed by atoms with E-state index in [1.165, 1.54) is 6.42 Å². The highest BCUT2D eigenvalue weighted by molar-refractivity contribution is 6.33. The molecule has 4 fully saturated rings. The van der Waals surface area contributed by atoms with Crippen molar-refractivity contribution in [1.82, 2.24) is 24.9 Å². The van der Waals surface area contributed by atoms with Crippen LogP contribution in [0.4, 0.5) is 5.82 Å². The second-order valence-corrected chi connectivity index (χ2v) is 11.5. The molecule has 2 aromatic heterocycles. The van der Waals surface area contributed by atoms with Crippen molar-refractivity contribution in [2.75, 3.05) is 6.54 Å². The van der Waals surface area contributed by atoms with Crippen LogP contribution in [0.25, 0.3) is 0 Å². The third-order valence-electron chi connectivity index (χ3n) is 8.31. The van der Waals surface area contributed by atoms with Gasteiger partial charge in [0.2, 0.25) is 5.91 Å². The zero-order chi connectivity index (χ0) is 24.3. The molecule has 0 saturated heterocycles. The van der Waals surface area contributed by atoms with Crippen LogP contribution < -0.4 is 5.32 Å². The highest BCUT2D eigenvalue weighted by atomic mass is 35.5. The number of hydrogen-bond donors (Lipinski definition) is 1. The minimum Gasteiger partial charge on any atom is -0.358 e. The number of hydrogen-bond acceptors (Lipinski definition) is 5. The fourth-order valence-electron chi connectivity index (χ4n) is 7.66. The zero-order valence-electron chi connectivity index (χ0n) is 20.1. The van der Waals surface area contributed by atoms with Crippen LogP contribution in [0.1, 0.15) is 68.4 Å². The van der Waals surface area contributed by atoms with E-state index in [0.717, 1.165) is 56.5 Å². The molecule has 9 nitrogen and oxygen atoms in total. The van der Waals surface area contributed by atoms with E-state index in [2.05, 4.69) is 21.6 Å². The van der Waals surface area contributed by atoms with E-state index in [-0.39, 0.29) is 27.7 Å². The summed E-state index contributed by atoms with van der Waals surface area (Å²) < 4.78 is 3.84. The highest BCUT2D eigenvalue weighted by Gasteiger charge is 2.60. The first-order chi connectivity index (χ1) is 16.1. The summed E-state index contributed by atoms with van der Waals surface area (Å²) in [6.45, 7) is 7.27. The monoisotopic (exact) mass is 488 g/mol. The van der Waals surface area contributed by atoms with Crippen LogP contribution in [-0.2, 0) is 16.9 Å². The Morgan fingerprint density at radius 2 is 1.94 bits per heavy atom. The lowest BCUT2D eigenvalue weighted by Crippen LogP contribution is -2.58. The van der Waals surface area contributed by atoms with Crippen molar-refractivity contribution >= 4 is 23.3 Å². The fourth-order valence-corrected chi connectivity index (χ4v) is 7.85. The first-order valence-electron chi connectivity index (χ1n) is 12.3. The van der Waals surface area contributed by atoms with Gasteiger partial charge in [-0.25, -0.2) is 0 Å². The van der Waals surface area contributed by atoms with E-state index >= 15 is 0 Å². The minimum atomic E-state index is -0.498. The number of nitrogens with one attached hydrogen (secondary N) is 1. The van der Waals surface area contributed by atoms with E-state index < -0.39 is 4.92 Å². The topological polar surface area (TPSA) is 108 Å². The van der Waals surface area contributed by atoms with Gasteiger partial charge in [0, 0.05) is 25.2 Å². The lowest BCUT2D eigenvalue weighted by Gasteiger charge is -2.61. The summed E-state index contributed by atoms with van der Waals surface area (Å²) in [5.41, 5.74) is 2.47. The maximum atomic E-state index is 13.0. The van der Waals surface area contributed by atoms with Gasteiger partial charge in [0.25, 0.3) is 0 Å². The van der Waals surface area contributed by atoms with Gasteiger partial charge in [-0.3, -0.25) is 9.48 Å². The number of halogens is 1. The van der Waals surface area contributed by atoms with Crippen molar-refractivity contribution in [3.05, 3.63) is 38.3 Å². The summed E-state index contributed by atoms with van der Waals surface area (Å²) in [6.07, 6.45) is 7.41. The molecule has 2 atom stereocenters. The Kier molecular flexibility index (Phi) is 5.73. The number of aryl methyl sites for hydroxylation is 3. The molecule has 0 spiro atoms. The summed E-state index contributed by atoms with van der Waals surface area (Å²) in [6, 6.07) is 2.06. The number of nitro groups is 1. The van der Waals surface area contributed by atoms with Gasteiger partial charge in [-0.15, -0.1) is 0 Å². The van der Waals surface area contributed by atoms with Gasteiger partial charge in [-0.05, 0) is 94.0 Å². The van der Waals surface area contributed by atoms with Crippen LogP contribution >= 0.6 is 11.6 Å². The number of aromatic nitrogens is 4. The molecular formula is C24H33ClN6O3. The molecule has 4 bridgehead atoms. The van der Waals surface area contributed by atoms with Crippen molar-refractivity contribution in [1.29, 1.82) is 0 Å². The van der Waals surface area contributed by atoms with Gasteiger partial charge in [-0.1, -0.05) is 11.6 Å². The average molecular weight is 489 g/mol. The van der Waals surface area contributed by atoms with Crippen molar-refractivity contribution < 1.29 is 9.72 Å². The molecule has 2 heterocycles. The second kappa shape index (κ2) is 8.36. The van der Waals surface area contributed by atoms with Crippen LogP contribution in [-0.4, -0.2) is 36.9 Å².